The molecule has 0 fully saturated rings. The molecule has 0 aliphatic rings. The zero-order valence-electron chi connectivity index (χ0n) is 10.4. The van der Waals surface area contributed by atoms with Crippen LogP contribution in [-0.2, 0) is 16.0 Å². The highest BCUT2D eigenvalue weighted by Crippen LogP contribution is 2.21. The first-order valence-electron chi connectivity index (χ1n) is 5.42. The Bertz CT molecular complexity index is 413. The minimum absolute atomic E-state index is 0.359. The van der Waals surface area contributed by atoms with Crippen LogP contribution in [0.1, 0.15) is 22.3 Å². The summed E-state index contributed by atoms with van der Waals surface area (Å²) in [6.07, 6.45) is 1.96. The summed E-state index contributed by atoms with van der Waals surface area (Å²) in [6, 6.07) is 5.38. The van der Waals surface area contributed by atoms with E-state index < -0.39 is 0 Å². The largest absolute Gasteiger partial charge is 0.465 e. The van der Waals surface area contributed by atoms with E-state index in [0.29, 0.717) is 18.4 Å². The van der Waals surface area contributed by atoms with Gasteiger partial charge in [0.15, 0.2) is 0 Å². The van der Waals surface area contributed by atoms with Crippen LogP contribution in [0.4, 0.5) is 5.69 Å². The second-order valence-electron chi connectivity index (χ2n) is 3.93. The smallest absolute Gasteiger partial charge is 0.337 e. The minimum atomic E-state index is -0.359. The molecule has 1 rings (SSSR count). The van der Waals surface area contributed by atoms with Crippen LogP contribution >= 0.6 is 0 Å². The quantitative estimate of drug-likeness (QED) is 0.575. The van der Waals surface area contributed by atoms with Gasteiger partial charge in [-0.05, 0) is 30.2 Å². The number of benzene rings is 1. The predicted molar refractivity (Wildman–Crippen MR) is 66.5 cm³/mol. The van der Waals surface area contributed by atoms with E-state index in [0.717, 1.165) is 17.5 Å². The van der Waals surface area contributed by atoms with Crippen molar-refractivity contribution in [2.75, 3.05) is 26.1 Å². The molecule has 4 heteroatoms. The average Bonchev–Trinajstić information content (AvgIpc) is 2.34. The number of aryl methyl sites for hydroxylation is 1. The van der Waals surface area contributed by atoms with E-state index >= 15 is 0 Å². The molecule has 0 saturated carbocycles. The summed E-state index contributed by atoms with van der Waals surface area (Å²) in [5, 5.41) is 0. The van der Waals surface area contributed by atoms with E-state index in [1.54, 1.807) is 12.1 Å². The van der Waals surface area contributed by atoms with E-state index in [9.17, 15) is 9.59 Å². The molecule has 1 aromatic rings. The highest BCUT2D eigenvalue weighted by molar-refractivity contribution is 5.90. The monoisotopic (exact) mass is 235 g/mol. The van der Waals surface area contributed by atoms with Gasteiger partial charge in [-0.1, -0.05) is 0 Å². The SMILES string of the molecule is COC(=O)c1ccc(N(C)C)c(CCC=O)c1. The molecule has 0 heterocycles. The van der Waals surface area contributed by atoms with Gasteiger partial charge in [0, 0.05) is 26.2 Å². The standard InChI is InChI=1S/C13H17NO3/c1-14(2)12-7-6-11(13(16)17-3)9-10(12)5-4-8-15/h6-9H,4-5H2,1-3H3. The molecule has 0 radical (unpaired) electrons. The summed E-state index contributed by atoms with van der Waals surface area (Å²) in [6.45, 7) is 0. The zero-order chi connectivity index (χ0) is 12.8. The van der Waals surface area contributed by atoms with Gasteiger partial charge in [0.2, 0.25) is 0 Å². The molecule has 0 aliphatic heterocycles. The number of hydrogen-bond donors (Lipinski definition) is 0. The van der Waals surface area contributed by atoms with Crippen molar-refractivity contribution in [3.05, 3.63) is 29.3 Å². The maximum Gasteiger partial charge on any atom is 0.337 e. The van der Waals surface area contributed by atoms with Crippen molar-refractivity contribution in [2.45, 2.75) is 12.8 Å². The van der Waals surface area contributed by atoms with E-state index in [2.05, 4.69) is 4.74 Å². The molecule has 0 aromatic heterocycles. The van der Waals surface area contributed by atoms with Gasteiger partial charge in [-0.15, -0.1) is 0 Å². The lowest BCUT2D eigenvalue weighted by Gasteiger charge is -2.17. The molecule has 0 spiro atoms. The number of ether oxygens (including phenoxy) is 1. The van der Waals surface area contributed by atoms with Crippen molar-refractivity contribution < 1.29 is 14.3 Å². The summed E-state index contributed by atoms with van der Waals surface area (Å²) < 4.78 is 4.67. The van der Waals surface area contributed by atoms with Crippen molar-refractivity contribution in [1.82, 2.24) is 0 Å². The van der Waals surface area contributed by atoms with Crippen LogP contribution in [0.25, 0.3) is 0 Å². The molecular formula is C13H17NO3. The molecule has 0 bridgehead atoms. The molecule has 0 amide bonds. The Kier molecular flexibility index (Phi) is 4.69. The molecule has 0 atom stereocenters. The highest BCUT2D eigenvalue weighted by Gasteiger charge is 2.10. The Morgan fingerprint density at radius 2 is 2.12 bits per heavy atom. The van der Waals surface area contributed by atoms with Crippen LogP contribution in [0.5, 0.6) is 0 Å². The third kappa shape index (κ3) is 3.31. The van der Waals surface area contributed by atoms with Gasteiger partial charge in [-0.25, -0.2) is 4.79 Å². The summed E-state index contributed by atoms with van der Waals surface area (Å²) >= 11 is 0. The normalized spacial score (nSPS) is 9.82. The lowest BCUT2D eigenvalue weighted by molar-refractivity contribution is -0.107. The first-order chi connectivity index (χ1) is 8.10. The number of anilines is 1. The first kappa shape index (κ1) is 13.2. The fourth-order valence-corrected chi connectivity index (χ4v) is 1.68. The van der Waals surface area contributed by atoms with Gasteiger partial charge in [0.1, 0.15) is 6.29 Å². The van der Waals surface area contributed by atoms with Gasteiger partial charge in [-0.3, -0.25) is 0 Å². The molecule has 0 N–H and O–H groups in total. The number of rotatable bonds is 5. The Balaban J connectivity index is 3.09. The maximum atomic E-state index is 11.4. The van der Waals surface area contributed by atoms with Crippen LogP contribution in [0.2, 0.25) is 0 Å². The van der Waals surface area contributed by atoms with E-state index in [1.165, 1.54) is 7.11 Å². The Morgan fingerprint density at radius 1 is 1.41 bits per heavy atom. The van der Waals surface area contributed by atoms with Crippen molar-refractivity contribution in [3.63, 3.8) is 0 Å². The molecule has 1 aromatic carbocycles. The van der Waals surface area contributed by atoms with Gasteiger partial charge >= 0.3 is 5.97 Å². The minimum Gasteiger partial charge on any atom is -0.465 e. The maximum absolute atomic E-state index is 11.4. The highest BCUT2D eigenvalue weighted by atomic mass is 16.5. The van der Waals surface area contributed by atoms with E-state index in [4.69, 9.17) is 0 Å². The molecule has 4 nitrogen and oxygen atoms in total. The first-order valence-corrected chi connectivity index (χ1v) is 5.42. The van der Waals surface area contributed by atoms with Gasteiger partial charge < -0.3 is 14.4 Å². The van der Waals surface area contributed by atoms with Crippen molar-refractivity contribution in [1.29, 1.82) is 0 Å². The molecule has 92 valence electrons. The second kappa shape index (κ2) is 6.03. The van der Waals surface area contributed by atoms with Crippen LogP contribution in [0.15, 0.2) is 18.2 Å². The second-order valence-corrected chi connectivity index (χ2v) is 3.93. The number of methoxy groups -OCH3 is 1. The fraction of sp³-hybridized carbons (Fsp3) is 0.385. The Labute approximate surface area is 101 Å². The fourth-order valence-electron chi connectivity index (χ4n) is 1.68. The lowest BCUT2D eigenvalue weighted by atomic mass is 10.0. The number of nitrogens with zero attached hydrogens (tertiary/aromatic N) is 1. The summed E-state index contributed by atoms with van der Waals surface area (Å²) in [5.74, 6) is -0.359. The number of carbonyl (C=O) groups is 2. The third-order valence-corrected chi connectivity index (χ3v) is 2.51. The summed E-state index contributed by atoms with van der Waals surface area (Å²) in [7, 11) is 5.21. The lowest BCUT2D eigenvalue weighted by Crippen LogP contribution is -2.12. The van der Waals surface area contributed by atoms with E-state index in [-0.39, 0.29) is 5.97 Å². The van der Waals surface area contributed by atoms with Crippen LogP contribution in [0.3, 0.4) is 0 Å². The number of esters is 1. The molecule has 17 heavy (non-hydrogen) atoms. The molecular weight excluding hydrogens is 218 g/mol. The Hall–Kier alpha value is -1.84. The van der Waals surface area contributed by atoms with Gasteiger partial charge in [0.05, 0.1) is 12.7 Å². The molecule has 0 unspecified atom stereocenters. The summed E-state index contributed by atoms with van der Waals surface area (Å²) in [5.41, 5.74) is 2.50. The van der Waals surface area contributed by atoms with Gasteiger partial charge in [-0.2, -0.15) is 0 Å². The van der Waals surface area contributed by atoms with Crippen LogP contribution < -0.4 is 4.90 Å². The zero-order valence-corrected chi connectivity index (χ0v) is 10.4. The predicted octanol–water partition coefficient (Wildman–Crippen LogP) is 1.67. The Morgan fingerprint density at radius 3 is 2.65 bits per heavy atom. The van der Waals surface area contributed by atoms with Crippen LogP contribution in [0, 0.1) is 0 Å². The van der Waals surface area contributed by atoms with Crippen molar-refractivity contribution >= 4 is 17.9 Å². The van der Waals surface area contributed by atoms with Crippen molar-refractivity contribution in [3.8, 4) is 0 Å². The third-order valence-electron chi connectivity index (χ3n) is 2.51. The topological polar surface area (TPSA) is 46.6 Å². The number of carbonyl (C=O) groups excluding carboxylic acids is 2. The van der Waals surface area contributed by atoms with Crippen molar-refractivity contribution in [2.24, 2.45) is 0 Å². The summed E-state index contributed by atoms with van der Waals surface area (Å²) in [4.78, 5) is 23.8. The van der Waals surface area contributed by atoms with Gasteiger partial charge in [0.25, 0.3) is 0 Å². The number of hydrogen-bond acceptors (Lipinski definition) is 4. The molecule has 0 aliphatic carbocycles. The van der Waals surface area contributed by atoms with Crippen LogP contribution in [-0.4, -0.2) is 33.5 Å². The average molecular weight is 235 g/mol. The van der Waals surface area contributed by atoms with E-state index in [1.807, 2.05) is 25.1 Å². The molecule has 0 saturated heterocycles. The number of aldehydes is 1.